The number of hydrogen-bond acceptors (Lipinski definition) is 3. The van der Waals surface area contributed by atoms with Crippen molar-refractivity contribution in [3.8, 4) is 0 Å². The smallest absolute Gasteiger partial charge is 0.261 e. The van der Waals surface area contributed by atoms with E-state index in [0.717, 1.165) is 0 Å². The van der Waals surface area contributed by atoms with E-state index in [1.165, 1.54) is 36.4 Å². The first-order valence-corrected chi connectivity index (χ1v) is 8.32. The quantitative estimate of drug-likeness (QED) is 0.861. The zero-order valence-corrected chi connectivity index (χ0v) is 13.6. The number of nitrogens with one attached hydrogen (secondary N) is 1. The Labute approximate surface area is 137 Å². The maximum atomic E-state index is 12.3. The predicted molar refractivity (Wildman–Crippen MR) is 84.6 cm³/mol. The predicted octanol–water partition coefficient (Wildman–Crippen LogP) is 3.94. The minimum Gasteiger partial charge on any atom is -0.392 e. The Bertz CT molecular complexity index is 758. The first-order chi connectivity index (χ1) is 9.81. The number of hydrogen-bond donors (Lipinski definition) is 2. The fourth-order valence-corrected chi connectivity index (χ4v) is 3.46. The summed E-state index contributed by atoms with van der Waals surface area (Å²) in [6.45, 7) is -0.356. The standard InChI is InChI=1S/C13H10Cl3NO3S/c14-9-4-10(15)6-11(5-9)17-21(19,20)12-1-2-13(16)8(3-12)7-18/h1-6,17-18H,7H2. The lowest BCUT2D eigenvalue weighted by Crippen LogP contribution is -2.13. The molecule has 0 radical (unpaired) electrons. The van der Waals surface area contributed by atoms with Crippen LogP contribution in [-0.4, -0.2) is 13.5 Å². The van der Waals surface area contributed by atoms with E-state index in [1.54, 1.807) is 0 Å². The number of benzene rings is 2. The van der Waals surface area contributed by atoms with Gasteiger partial charge >= 0.3 is 0 Å². The van der Waals surface area contributed by atoms with Gasteiger partial charge in [0.1, 0.15) is 0 Å². The third kappa shape index (κ3) is 4.02. The molecule has 0 saturated carbocycles. The average molecular weight is 367 g/mol. The summed E-state index contributed by atoms with van der Waals surface area (Å²) in [6, 6.07) is 8.42. The molecule has 2 aromatic rings. The maximum absolute atomic E-state index is 12.3. The van der Waals surface area contributed by atoms with Crippen LogP contribution in [0, 0.1) is 0 Å². The number of halogens is 3. The van der Waals surface area contributed by atoms with Gasteiger partial charge in [0.15, 0.2) is 0 Å². The molecule has 0 aromatic heterocycles. The summed E-state index contributed by atoms with van der Waals surface area (Å²) in [5.74, 6) is 0. The van der Waals surface area contributed by atoms with Crippen LogP contribution >= 0.6 is 34.8 Å². The summed E-state index contributed by atoms with van der Waals surface area (Å²) in [5, 5.41) is 10.1. The number of anilines is 1. The van der Waals surface area contributed by atoms with Gasteiger partial charge in [-0.15, -0.1) is 0 Å². The summed E-state index contributed by atoms with van der Waals surface area (Å²) >= 11 is 17.5. The SMILES string of the molecule is O=S(=O)(Nc1cc(Cl)cc(Cl)c1)c1ccc(Cl)c(CO)c1. The van der Waals surface area contributed by atoms with Gasteiger partial charge in [0.05, 0.1) is 17.2 Å². The molecule has 0 aliphatic rings. The Morgan fingerprint density at radius 3 is 2.19 bits per heavy atom. The van der Waals surface area contributed by atoms with Gasteiger partial charge in [-0.3, -0.25) is 4.72 Å². The summed E-state index contributed by atoms with van der Waals surface area (Å²) in [7, 11) is -3.83. The van der Waals surface area contributed by atoms with Gasteiger partial charge in [-0.05, 0) is 42.0 Å². The van der Waals surface area contributed by atoms with E-state index in [4.69, 9.17) is 39.9 Å². The average Bonchev–Trinajstić information content (AvgIpc) is 2.37. The van der Waals surface area contributed by atoms with E-state index in [-0.39, 0.29) is 17.2 Å². The Hall–Kier alpha value is -0.980. The highest BCUT2D eigenvalue weighted by Crippen LogP contribution is 2.26. The summed E-state index contributed by atoms with van der Waals surface area (Å²) in [5.41, 5.74) is 0.566. The molecule has 2 rings (SSSR count). The van der Waals surface area contributed by atoms with Crippen molar-refractivity contribution in [2.45, 2.75) is 11.5 Å². The zero-order chi connectivity index (χ0) is 15.6. The van der Waals surface area contributed by atoms with Crippen molar-refractivity contribution < 1.29 is 13.5 Å². The fraction of sp³-hybridized carbons (Fsp3) is 0.0769. The van der Waals surface area contributed by atoms with Crippen LogP contribution in [0.25, 0.3) is 0 Å². The first-order valence-electron chi connectivity index (χ1n) is 5.70. The largest absolute Gasteiger partial charge is 0.392 e. The van der Waals surface area contributed by atoms with Crippen LogP contribution in [-0.2, 0) is 16.6 Å². The van der Waals surface area contributed by atoms with Gasteiger partial charge in [-0.25, -0.2) is 8.42 Å². The fourth-order valence-electron chi connectivity index (χ4n) is 1.67. The molecule has 112 valence electrons. The van der Waals surface area contributed by atoms with E-state index in [9.17, 15) is 8.42 Å². The van der Waals surface area contributed by atoms with E-state index < -0.39 is 10.0 Å². The van der Waals surface area contributed by atoms with Crippen molar-refractivity contribution in [3.63, 3.8) is 0 Å². The lowest BCUT2D eigenvalue weighted by atomic mass is 10.2. The third-order valence-electron chi connectivity index (χ3n) is 2.61. The molecule has 0 atom stereocenters. The van der Waals surface area contributed by atoms with Crippen LogP contribution in [0.15, 0.2) is 41.3 Å². The normalized spacial score (nSPS) is 11.4. The first kappa shape index (κ1) is 16.4. The number of aliphatic hydroxyl groups excluding tert-OH is 1. The maximum Gasteiger partial charge on any atom is 0.261 e. The molecule has 0 fully saturated rings. The van der Waals surface area contributed by atoms with Crippen LogP contribution in [0.2, 0.25) is 15.1 Å². The molecule has 0 heterocycles. The van der Waals surface area contributed by atoms with Crippen LogP contribution in [0.4, 0.5) is 5.69 Å². The van der Waals surface area contributed by atoms with Crippen molar-refractivity contribution in [1.29, 1.82) is 0 Å². The number of sulfonamides is 1. The summed E-state index contributed by atoms with van der Waals surface area (Å²) in [4.78, 5) is -0.0213. The second-order valence-corrected chi connectivity index (χ2v) is 7.14. The van der Waals surface area contributed by atoms with Crippen LogP contribution in [0.1, 0.15) is 5.56 Å². The van der Waals surface area contributed by atoms with Crippen molar-refractivity contribution in [2.75, 3.05) is 4.72 Å². The van der Waals surface area contributed by atoms with E-state index in [0.29, 0.717) is 20.6 Å². The molecule has 0 bridgehead atoms. The van der Waals surface area contributed by atoms with Crippen molar-refractivity contribution >= 4 is 50.5 Å². The molecule has 0 aliphatic heterocycles. The Morgan fingerprint density at radius 2 is 1.62 bits per heavy atom. The topological polar surface area (TPSA) is 66.4 Å². The second kappa shape index (κ2) is 6.42. The lowest BCUT2D eigenvalue weighted by molar-refractivity contribution is 0.281. The molecule has 8 heteroatoms. The van der Waals surface area contributed by atoms with Crippen molar-refractivity contribution in [3.05, 3.63) is 57.0 Å². The molecule has 0 saturated heterocycles. The third-order valence-corrected chi connectivity index (χ3v) is 4.80. The van der Waals surface area contributed by atoms with Gasteiger partial charge in [-0.1, -0.05) is 34.8 Å². The summed E-state index contributed by atoms with van der Waals surface area (Å²) < 4.78 is 26.9. The number of rotatable bonds is 4. The van der Waals surface area contributed by atoms with Crippen molar-refractivity contribution in [1.82, 2.24) is 0 Å². The van der Waals surface area contributed by atoms with E-state index in [1.807, 2.05) is 0 Å². The molecule has 0 aliphatic carbocycles. The van der Waals surface area contributed by atoms with Crippen LogP contribution in [0.3, 0.4) is 0 Å². The molecule has 0 amide bonds. The molecule has 0 spiro atoms. The highest BCUT2D eigenvalue weighted by molar-refractivity contribution is 7.92. The molecule has 4 nitrogen and oxygen atoms in total. The van der Waals surface area contributed by atoms with Gasteiger partial charge < -0.3 is 5.11 Å². The van der Waals surface area contributed by atoms with Crippen LogP contribution in [0.5, 0.6) is 0 Å². The monoisotopic (exact) mass is 365 g/mol. The summed E-state index contributed by atoms with van der Waals surface area (Å²) in [6.07, 6.45) is 0. The zero-order valence-electron chi connectivity index (χ0n) is 10.5. The Balaban J connectivity index is 2.38. The Kier molecular flexibility index (Phi) is 5.01. The highest BCUT2D eigenvalue weighted by atomic mass is 35.5. The second-order valence-electron chi connectivity index (χ2n) is 4.17. The minimum absolute atomic E-state index is 0.0213. The highest BCUT2D eigenvalue weighted by Gasteiger charge is 2.16. The van der Waals surface area contributed by atoms with E-state index in [2.05, 4.69) is 4.72 Å². The lowest BCUT2D eigenvalue weighted by Gasteiger charge is -2.10. The molecule has 21 heavy (non-hydrogen) atoms. The molecular weight excluding hydrogens is 357 g/mol. The number of aliphatic hydroxyl groups is 1. The van der Waals surface area contributed by atoms with Gasteiger partial charge in [-0.2, -0.15) is 0 Å². The molecular formula is C13H10Cl3NO3S. The van der Waals surface area contributed by atoms with Crippen molar-refractivity contribution in [2.24, 2.45) is 0 Å². The molecule has 0 unspecified atom stereocenters. The van der Waals surface area contributed by atoms with Gasteiger partial charge in [0.25, 0.3) is 10.0 Å². The van der Waals surface area contributed by atoms with Crippen LogP contribution < -0.4 is 4.72 Å². The minimum atomic E-state index is -3.83. The Morgan fingerprint density at radius 1 is 1.00 bits per heavy atom. The molecule has 2 aromatic carbocycles. The molecule has 2 N–H and O–H groups in total. The van der Waals surface area contributed by atoms with E-state index >= 15 is 0 Å². The van der Waals surface area contributed by atoms with Gasteiger partial charge in [0, 0.05) is 15.1 Å². The van der Waals surface area contributed by atoms with Gasteiger partial charge in [0.2, 0.25) is 0 Å².